The van der Waals surface area contributed by atoms with Gasteiger partial charge in [0, 0.05) is 6.54 Å². The Balaban J connectivity index is 0.00000256. The van der Waals surface area contributed by atoms with Crippen molar-refractivity contribution >= 4 is 29.4 Å². The average Bonchev–Trinajstić information content (AvgIpc) is 3.28. The van der Waals surface area contributed by atoms with Crippen molar-refractivity contribution < 1.29 is 13.9 Å². The van der Waals surface area contributed by atoms with Gasteiger partial charge >= 0.3 is 0 Å². The van der Waals surface area contributed by atoms with Crippen LogP contribution in [0.2, 0.25) is 0 Å². The van der Waals surface area contributed by atoms with E-state index in [1.165, 1.54) is 0 Å². The molecule has 1 aliphatic carbocycles. The summed E-state index contributed by atoms with van der Waals surface area (Å²) < 4.78 is 29.8. The van der Waals surface area contributed by atoms with E-state index in [4.69, 9.17) is 5.73 Å². The summed E-state index contributed by atoms with van der Waals surface area (Å²) >= 11 is 0. The molecule has 2 aromatic heterocycles. The van der Waals surface area contributed by atoms with Gasteiger partial charge in [-0.2, -0.15) is 0 Å². The molecule has 158 valence electrons. The predicted molar refractivity (Wildman–Crippen MR) is 113 cm³/mol. The quantitative estimate of drug-likeness (QED) is 0.612. The number of rotatable bonds is 3. The van der Waals surface area contributed by atoms with Crippen LogP contribution in [0.5, 0.6) is 0 Å². The zero-order valence-corrected chi connectivity index (χ0v) is 17.3. The first-order valence-electron chi connectivity index (χ1n) is 9.65. The lowest BCUT2D eigenvalue weighted by Gasteiger charge is -2.12. The van der Waals surface area contributed by atoms with E-state index in [9.17, 15) is 13.9 Å². The van der Waals surface area contributed by atoms with Gasteiger partial charge in [0.25, 0.3) is 0 Å². The average molecular weight is 434 g/mol. The molecule has 2 heterocycles. The van der Waals surface area contributed by atoms with E-state index in [1.54, 1.807) is 4.57 Å². The molecule has 1 saturated carbocycles. The van der Waals surface area contributed by atoms with Crippen LogP contribution in [0.15, 0.2) is 18.2 Å². The van der Waals surface area contributed by atoms with Gasteiger partial charge in [-0.15, -0.1) is 12.4 Å². The summed E-state index contributed by atoms with van der Waals surface area (Å²) in [5.41, 5.74) is 5.79. The van der Waals surface area contributed by atoms with Crippen LogP contribution in [-0.4, -0.2) is 30.2 Å². The Labute approximate surface area is 179 Å². The molecule has 4 rings (SSSR count). The lowest BCUT2D eigenvalue weighted by Crippen LogP contribution is -2.21. The number of hydrogen-bond donors (Lipinski definition) is 2. The zero-order chi connectivity index (χ0) is 20.6. The molecule has 3 aromatic rings. The van der Waals surface area contributed by atoms with Crippen LogP contribution >= 0.6 is 12.4 Å². The number of halogens is 3. The number of aromatic nitrogens is 4. The molecule has 0 unspecified atom stereocenters. The fourth-order valence-electron chi connectivity index (χ4n) is 3.64. The third-order valence-electron chi connectivity index (χ3n) is 5.08. The number of nitrogens with two attached hydrogens (primary N) is 1. The molecular formula is C21H22ClF2N5O. The molecule has 30 heavy (non-hydrogen) atoms. The lowest BCUT2D eigenvalue weighted by atomic mass is 10.0. The van der Waals surface area contributed by atoms with Gasteiger partial charge in [-0.05, 0) is 56.2 Å². The first kappa shape index (κ1) is 21.9. The highest BCUT2D eigenvalue weighted by atomic mass is 35.5. The van der Waals surface area contributed by atoms with Crippen LogP contribution in [0.3, 0.4) is 0 Å². The molecule has 0 aliphatic heterocycles. The number of nitrogen functional groups attached to an aromatic ring is 1. The van der Waals surface area contributed by atoms with Crippen LogP contribution in [-0.2, 0) is 6.54 Å². The van der Waals surface area contributed by atoms with E-state index >= 15 is 0 Å². The molecule has 0 radical (unpaired) electrons. The highest BCUT2D eigenvalue weighted by molar-refractivity contribution is 5.86. The highest BCUT2D eigenvalue weighted by Crippen LogP contribution is 2.30. The van der Waals surface area contributed by atoms with Crippen molar-refractivity contribution in [1.29, 1.82) is 0 Å². The summed E-state index contributed by atoms with van der Waals surface area (Å²) in [4.78, 5) is 13.0. The van der Waals surface area contributed by atoms with Gasteiger partial charge in [0.05, 0.1) is 5.56 Å². The topological polar surface area (TPSA) is 89.9 Å². The van der Waals surface area contributed by atoms with Gasteiger partial charge in [0.2, 0.25) is 5.82 Å². The van der Waals surface area contributed by atoms with Gasteiger partial charge in [-0.1, -0.05) is 12.8 Å². The van der Waals surface area contributed by atoms with Crippen LogP contribution in [0.1, 0.15) is 44.9 Å². The molecule has 0 spiro atoms. The summed E-state index contributed by atoms with van der Waals surface area (Å²) in [5, 5.41) is 10.4. The Morgan fingerprint density at radius 1 is 1.20 bits per heavy atom. The van der Waals surface area contributed by atoms with E-state index in [0.717, 1.165) is 37.5 Å². The van der Waals surface area contributed by atoms with Gasteiger partial charge < -0.3 is 15.4 Å². The molecule has 0 amide bonds. The summed E-state index contributed by atoms with van der Waals surface area (Å²) in [6.45, 7) is 2.44. The van der Waals surface area contributed by atoms with E-state index in [-0.39, 0.29) is 35.4 Å². The minimum Gasteiger partial charge on any atom is -0.382 e. The molecule has 1 aromatic carbocycles. The Morgan fingerprint density at radius 2 is 1.93 bits per heavy atom. The second kappa shape index (κ2) is 8.54. The minimum atomic E-state index is -1.02. The van der Waals surface area contributed by atoms with Crippen LogP contribution in [0.25, 0.3) is 22.6 Å². The Kier molecular flexibility index (Phi) is 6.25. The molecule has 1 fully saturated rings. The summed E-state index contributed by atoms with van der Waals surface area (Å²) in [7, 11) is 0. The van der Waals surface area contributed by atoms with E-state index in [1.807, 2.05) is 6.92 Å². The maximum absolute atomic E-state index is 14.4. The number of aryl methyl sites for hydroxylation is 1. The van der Waals surface area contributed by atoms with Crippen molar-refractivity contribution in [2.24, 2.45) is 0 Å². The monoisotopic (exact) mass is 433 g/mol. The Bertz CT molecular complexity index is 1150. The van der Waals surface area contributed by atoms with Gasteiger partial charge in [-0.25, -0.2) is 23.7 Å². The molecule has 6 nitrogen and oxygen atoms in total. The molecule has 0 saturated heterocycles. The number of imidazole rings is 1. The largest absolute Gasteiger partial charge is 0.382 e. The fourth-order valence-corrected chi connectivity index (χ4v) is 3.64. The van der Waals surface area contributed by atoms with Crippen LogP contribution < -0.4 is 5.73 Å². The van der Waals surface area contributed by atoms with Crippen molar-refractivity contribution in [1.82, 2.24) is 19.5 Å². The van der Waals surface area contributed by atoms with Crippen molar-refractivity contribution in [3.05, 3.63) is 35.7 Å². The van der Waals surface area contributed by atoms with E-state index in [2.05, 4.69) is 26.8 Å². The predicted octanol–water partition coefficient (Wildman–Crippen LogP) is 3.84. The summed E-state index contributed by atoms with van der Waals surface area (Å²) in [6, 6.07) is 3.22. The number of benzene rings is 1. The third kappa shape index (κ3) is 4.09. The lowest BCUT2D eigenvalue weighted by molar-refractivity contribution is 0.110. The SMILES string of the molecule is CCCn1c(-c2cc(F)ccc2F)nc2c(N)nc(C#CC3(O)CCCC3)nc21.Cl. The van der Waals surface area contributed by atoms with Crippen molar-refractivity contribution in [3.63, 3.8) is 0 Å². The van der Waals surface area contributed by atoms with Crippen LogP contribution in [0, 0.1) is 23.5 Å². The molecular weight excluding hydrogens is 412 g/mol. The molecule has 3 N–H and O–H groups in total. The van der Waals surface area contributed by atoms with E-state index < -0.39 is 17.2 Å². The third-order valence-corrected chi connectivity index (χ3v) is 5.08. The van der Waals surface area contributed by atoms with Crippen LogP contribution in [0.4, 0.5) is 14.6 Å². The minimum absolute atomic E-state index is 0. The van der Waals surface area contributed by atoms with Crippen molar-refractivity contribution in [2.75, 3.05) is 5.73 Å². The summed E-state index contributed by atoms with van der Waals surface area (Å²) in [6.07, 6.45) is 3.82. The second-order valence-corrected chi connectivity index (χ2v) is 7.30. The first-order valence-corrected chi connectivity index (χ1v) is 9.65. The summed E-state index contributed by atoms with van der Waals surface area (Å²) in [5.74, 6) is 5.03. The number of aliphatic hydroxyl groups is 1. The normalized spacial score (nSPS) is 14.9. The Hall–Kier alpha value is -2.76. The van der Waals surface area contributed by atoms with Crippen molar-refractivity contribution in [3.8, 4) is 23.2 Å². The first-order chi connectivity index (χ1) is 13.9. The molecule has 0 atom stereocenters. The smallest absolute Gasteiger partial charge is 0.209 e. The molecule has 0 bridgehead atoms. The number of hydrogen-bond acceptors (Lipinski definition) is 5. The maximum Gasteiger partial charge on any atom is 0.209 e. The molecule has 9 heteroatoms. The van der Waals surface area contributed by atoms with Crippen molar-refractivity contribution in [2.45, 2.75) is 51.2 Å². The number of fused-ring (bicyclic) bond motifs is 1. The van der Waals surface area contributed by atoms with Gasteiger partial charge in [0.15, 0.2) is 17.0 Å². The maximum atomic E-state index is 14.4. The number of anilines is 1. The van der Waals surface area contributed by atoms with E-state index in [0.29, 0.717) is 30.6 Å². The molecule has 1 aliphatic rings. The second-order valence-electron chi connectivity index (χ2n) is 7.30. The number of nitrogens with zero attached hydrogens (tertiary/aromatic N) is 4. The Morgan fingerprint density at radius 3 is 2.63 bits per heavy atom. The fraction of sp³-hybridized carbons (Fsp3) is 0.381. The van der Waals surface area contributed by atoms with Gasteiger partial charge in [-0.3, -0.25) is 0 Å². The highest BCUT2D eigenvalue weighted by Gasteiger charge is 2.28. The zero-order valence-electron chi connectivity index (χ0n) is 16.5. The van der Waals surface area contributed by atoms with Gasteiger partial charge in [0.1, 0.15) is 23.1 Å². The standard InChI is InChI=1S/C21H21F2N5O.ClH/c1-2-11-28-19(14-12-13(22)5-6-15(14)23)27-17-18(24)25-16(26-20(17)28)7-10-21(29)8-3-4-9-21;/h5-6,12,29H,2-4,8-9,11H2,1H3,(H2,24,25,26);1H.